The molecule has 1 N–H and O–H groups in total. The molecule has 0 aliphatic carbocycles. The molecule has 0 aromatic heterocycles. The van der Waals surface area contributed by atoms with Gasteiger partial charge in [0.1, 0.15) is 0 Å². The van der Waals surface area contributed by atoms with Crippen LogP contribution in [-0.4, -0.2) is 24.7 Å². The van der Waals surface area contributed by atoms with Crippen LogP contribution < -0.4 is 5.32 Å². The summed E-state index contributed by atoms with van der Waals surface area (Å²) in [6, 6.07) is 5.06. The van der Waals surface area contributed by atoms with Crippen molar-refractivity contribution in [3.63, 3.8) is 0 Å². The first-order chi connectivity index (χ1) is 8.95. The van der Waals surface area contributed by atoms with Crippen LogP contribution in [0.2, 0.25) is 0 Å². The number of nitrogens with zero attached hydrogens (tertiary/aromatic N) is 1. The fourth-order valence-corrected chi connectivity index (χ4v) is 2.21. The topological polar surface area (TPSA) is 64.4 Å². The van der Waals surface area contributed by atoms with Gasteiger partial charge in [-0.3, -0.25) is 10.1 Å². The lowest BCUT2D eigenvalue weighted by atomic mass is 10.0. The van der Waals surface area contributed by atoms with Crippen LogP contribution in [0.4, 0.5) is 5.69 Å². The molecule has 0 radical (unpaired) electrons. The van der Waals surface area contributed by atoms with Crippen molar-refractivity contribution in [2.24, 2.45) is 5.92 Å². The molecule has 1 aromatic carbocycles. The Kier molecular flexibility index (Phi) is 6.41. The highest BCUT2D eigenvalue weighted by Crippen LogP contribution is 2.23. The number of methoxy groups -OCH3 is 1. The zero-order valence-corrected chi connectivity index (χ0v) is 12.9. The summed E-state index contributed by atoms with van der Waals surface area (Å²) in [6.45, 7) is 5.54. The number of benzene rings is 1. The molecule has 0 fully saturated rings. The summed E-state index contributed by atoms with van der Waals surface area (Å²) in [5, 5.41) is 14.1. The van der Waals surface area contributed by atoms with E-state index in [-0.39, 0.29) is 11.7 Å². The van der Waals surface area contributed by atoms with E-state index >= 15 is 0 Å². The molecule has 1 aromatic rings. The molecule has 0 amide bonds. The second-order valence-electron chi connectivity index (χ2n) is 4.72. The van der Waals surface area contributed by atoms with Gasteiger partial charge in [-0.25, -0.2) is 0 Å². The molecule has 1 rings (SSSR count). The van der Waals surface area contributed by atoms with Gasteiger partial charge in [-0.15, -0.1) is 0 Å². The van der Waals surface area contributed by atoms with Gasteiger partial charge in [0.15, 0.2) is 0 Å². The largest absolute Gasteiger partial charge is 0.383 e. The summed E-state index contributed by atoms with van der Waals surface area (Å²) in [7, 11) is 1.68. The van der Waals surface area contributed by atoms with E-state index in [1.165, 1.54) is 12.1 Å². The predicted octanol–water partition coefficient (Wildman–Crippen LogP) is 3.12. The molecule has 19 heavy (non-hydrogen) atoms. The summed E-state index contributed by atoms with van der Waals surface area (Å²) in [6.07, 6.45) is 0. The number of hydrogen-bond donors (Lipinski definition) is 1. The van der Waals surface area contributed by atoms with Crippen molar-refractivity contribution in [1.82, 2.24) is 5.32 Å². The minimum Gasteiger partial charge on any atom is -0.383 e. The monoisotopic (exact) mass is 330 g/mol. The van der Waals surface area contributed by atoms with Crippen molar-refractivity contribution in [3.8, 4) is 0 Å². The summed E-state index contributed by atoms with van der Waals surface area (Å²) in [5.41, 5.74) is 1.08. The Bertz CT molecular complexity index is 438. The van der Waals surface area contributed by atoms with Gasteiger partial charge in [-0.1, -0.05) is 29.8 Å². The normalized spacial score (nSPS) is 12.7. The number of nitrogens with one attached hydrogen (secondary N) is 1. The third kappa shape index (κ3) is 4.89. The number of non-ortho nitro benzene ring substituents is 1. The summed E-state index contributed by atoms with van der Waals surface area (Å²) in [5.74, 6) is 0.455. The molecular formula is C13H19BrN2O3. The van der Waals surface area contributed by atoms with Gasteiger partial charge in [0.2, 0.25) is 0 Å². The Balaban J connectivity index is 2.69. The SMILES string of the molecule is COCC(NCc1ccc([N+](=O)[O-])cc1Br)C(C)C. The minimum atomic E-state index is -0.399. The molecule has 0 aliphatic heterocycles. The van der Waals surface area contributed by atoms with Crippen LogP contribution in [-0.2, 0) is 11.3 Å². The summed E-state index contributed by atoms with van der Waals surface area (Å²) < 4.78 is 5.92. The molecule has 0 bridgehead atoms. The van der Waals surface area contributed by atoms with Gasteiger partial charge in [0.25, 0.3) is 5.69 Å². The van der Waals surface area contributed by atoms with E-state index in [4.69, 9.17) is 4.74 Å². The maximum Gasteiger partial charge on any atom is 0.270 e. The Morgan fingerprint density at radius 2 is 2.16 bits per heavy atom. The Labute approximate surface area is 121 Å². The van der Waals surface area contributed by atoms with E-state index in [2.05, 4.69) is 35.1 Å². The summed E-state index contributed by atoms with van der Waals surface area (Å²) >= 11 is 3.37. The van der Waals surface area contributed by atoms with Crippen molar-refractivity contribution in [3.05, 3.63) is 38.3 Å². The van der Waals surface area contributed by atoms with Crippen LogP contribution in [0.15, 0.2) is 22.7 Å². The molecule has 6 heteroatoms. The second kappa shape index (κ2) is 7.57. The zero-order valence-electron chi connectivity index (χ0n) is 11.4. The van der Waals surface area contributed by atoms with Gasteiger partial charge in [-0.2, -0.15) is 0 Å². The van der Waals surface area contributed by atoms with Gasteiger partial charge in [0, 0.05) is 36.3 Å². The van der Waals surface area contributed by atoms with E-state index in [0.717, 1.165) is 10.0 Å². The van der Waals surface area contributed by atoms with Gasteiger partial charge in [0.05, 0.1) is 11.5 Å². The van der Waals surface area contributed by atoms with E-state index < -0.39 is 4.92 Å². The Morgan fingerprint density at radius 1 is 1.47 bits per heavy atom. The summed E-state index contributed by atoms with van der Waals surface area (Å²) in [4.78, 5) is 10.3. The molecular weight excluding hydrogens is 312 g/mol. The quantitative estimate of drug-likeness (QED) is 0.616. The standard InChI is InChI=1S/C13H19BrN2O3/c1-9(2)13(8-19-3)15-7-10-4-5-11(16(17)18)6-12(10)14/h4-6,9,13,15H,7-8H2,1-3H3. The zero-order chi connectivity index (χ0) is 14.4. The second-order valence-corrected chi connectivity index (χ2v) is 5.57. The molecule has 1 atom stereocenters. The molecule has 5 nitrogen and oxygen atoms in total. The molecule has 106 valence electrons. The number of nitro benzene ring substituents is 1. The van der Waals surface area contributed by atoms with Crippen LogP contribution in [0, 0.1) is 16.0 Å². The average Bonchev–Trinajstić information content (AvgIpc) is 2.35. The number of rotatable bonds is 7. The maximum absolute atomic E-state index is 10.7. The lowest BCUT2D eigenvalue weighted by Crippen LogP contribution is -2.37. The number of hydrogen-bond acceptors (Lipinski definition) is 4. The molecule has 0 saturated heterocycles. The Morgan fingerprint density at radius 3 is 2.63 bits per heavy atom. The van der Waals surface area contributed by atoms with Crippen LogP contribution in [0.1, 0.15) is 19.4 Å². The van der Waals surface area contributed by atoms with Crippen LogP contribution >= 0.6 is 15.9 Å². The van der Waals surface area contributed by atoms with Crippen molar-refractivity contribution >= 4 is 21.6 Å². The highest BCUT2D eigenvalue weighted by Gasteiger charge is 2.14. The molecule has 0 heterocycles. The van der Waals surface area contributed by atoms with Gasteiger partial charge in [-0.05, 0) is 17.5 Å². The maximum atomic E-state index is 10.7. The predicted molar refractivity (Wildman–Crippen MR) is 78.1 cm³/mol. The molecule has 0 aliphatic rings. The van der Waals surface area contributed by atoms with Crippen molar-refractivity contribution in [2.45, 2.75) is 26.4 Å². The van der Waals surface area contributed by atoms with Crippen molar-refractivity contribution < 1.29 is 9.66 Å². The van der Waals surface area contributed by atoms with Crippen LogP contribution in [0.5, 0.6) is 0 Å². The van der Waals surface area contributed by atoms with E-state index in [1.54, 1.807) is 13.2 Å². The van der Waals surface area contributed by atoms with Crippen molar-refractivity contribution in [1.29, 1.82) is 0 Å². The highest BCUT2D eigenvalue weighted by molar-refractivity contribution is 9.10. The fourth-order valence-electron chi connectivity index (χ4n) is 1.70. The highest BCUT2D eigenvalue weighted by atomic mass is 79.9. The van der Waals surface area contributed by atoms with E-state index in [1.807, 2.05) is 0 Å². The third-order valence-electron chi connectivity index (χ3n) is 2.95. The Hall–Kier alpha value is -0.980. The molecule has 1 unspecified atom stereocenters. The minimum absolute atomic E-state index is 0.0907. The number of nitro groups is 1. The van der Waals surface area contributed by atoms with E-state index in [0.29, 0.717) is 19.1 Å². The average molecular weight is 331 g/mol. The first-order valence-corrected chi connectivity index (χ1v) is 6.90. The van der Waals surface area contributed by atoms with Crippen LogP contribution in [0.25, 0.3) is 0 Å². The molecule has 0 saturated carbocycles. The van der Waals surface area contributed by atoms with E-state index in [9.17, 15) is 10.1 Å². The van der Waals surface area contributed by atoms with Crippen molar-refractivity contribution in [2.75, 3.05) is 13.7 Å². The first-order valence-electron chi connectivity index (χ1n) is 6.10. The first kappa shape index (κ1) is 16.1. The smallest absolute Gasteiger partial charge is 0.270 e. The third-order valence-corrected chi connectivity index (χ3v) is 3.69. The lowest BCUT2D eigenvalue weighted by Gasteiger charge is -2.21. The number of ether oxygens (including phenoxy) is 1. The number of halogens is 1. The van der Waals surface area contributed by atoms with Gasteiger partial charge >= 0.3 is 0 Å². The molecule has 0 spiro atoms. The van der Waals surface area contributed by atoms with Crippen LogP contribution in [0.3, 0.4) is 0 Å². The fraction of sp³-hybridized carbons (Fsp3) is 0.538. The van der Waals surface area contributed by atoms with Gasteiger partial charge < -0.3 is 10.1 Å². The lowest BCUT2D eigenvalue weighted by molar-refractivity contribution is -0.384.